The van der Waals surface area contributed by atoms with Gasteiger partial charge in [0.05, 0.1) is 0 Å². The Balaban J connectivity index is 2.28. The van der Waals surface area contributed by atoms with Crippen LogP contribution in [0.15, 0.2) is 18.2 Å². The molecule has 21 heavy (non-hydrogen) atoms. The van der Waals surface area contributed by atoms with Crippen LogP contribution in [-0.2, 0) is 9.53 Å². The fraction of sp³-hybridized carbons (Fsp3) is 0.632. The van der Waals surface area contributed by atoms with Gasteiger partial charge < -0.3 is 4.74 Å². The van der Waals surface area contributed by atoms with E-state index >= 15 is 0 Å². The summed E-state index contributed by atoms with van der Waals surface area (Å²) < 4.78 is 5.67. The highest BCUT2D eigenvalue weighted by Gasteiger charge is 2.33. The summed E-state index contributed by atoms with van der Waals surface area (Å²) in [4.78, 5) is 11.7. The fourth-order valence-corrected chi connectivity index (χ4v) is 3.77. The van der Waals surface area contributed by atoms with E-state index in [0.29, 0.717) is 18.3 Å². The van der Waals surface area contributed by atoms with Gasteiger partial charge in [0, 0.05) is 12.3 Å². The second kappa shape index (κ2) is 7.11. The maximum atomic E-state index is 11.7. The molecule has 0 spiro atoms. The van der Waals surface area contributed by atoms with Gasteiger partial charge in [-0.05, 0) is 50.7 Å². The molecule has 1 aliphatic carbocycles. The molecule has 1 aromatic carbocycles. The third kappa shape index (κ3) is 3.87. The molecular formula is C19H28O2. The van der Waals surface area contributed by atoms with Crippen molar-refractivity contribution in [3.8, 4) is 0 Å². The van der Waals surface area contributed by atoms with Crippen molar-refractivity contribution in [2.75, 3.05) is 0 Å². The molecule has 0 aliphatic heterocycles. The number of hydrogen-bond donors (Lipinski definition) is 0. The molecule has 2 nitrogen and oxygen atoms in total. The van der Waals surface area contributed by atoms with E-state index in [4.69, 9.17) is 4.74 Å². The van der Waals surface area contributed by atoms with Crippen LogP contribution in [0.1, 0.15) is 68.6 Å². The highest BCUT2D eigenvalue weighted by atomic mass is 16.5. The van der Waals surface area contributed by atoms with Crippen LogP contribution in [0, 0.1) is 19.8 Å². The minimum atomic E-state index is -0.0877. The lowest BCUT2D eigenvalue weighted by molar-refractivity contribution is -0.149. The van der Waals surface area contributed by atoms with Crippen LogP contribution in [0.25, 0.3) is 0 Å². The first kappa shape index (κ1) is 16.1. The average Bonchev–Trinajstić information content (AvgIpc) is 2.95. The minimum absolute atomic E-state index is 0.0399. The van der Waals surface area contributed by atoms with Crippen molar-refractivity contribution in [1.29, 1.82) is 0 Å². The normalized spacial score (nSPS) is 18.5. The Bertz CT molecular complexity index is 486. The largest absolute Gasteiger partial charge is 0.462 e. The topological polar surface area (TPSA) is 26.3 Å². The molecule has 1 aliphatic rings. The lowest BCUT2D eigenvalue weighted by Crippen LogP contribution is -2.27. The Labute approximate surface area is 128 Å². The van der Waals surface area contributed by atoms with E-state index < -0.39 is 0 Å². The molecule has 1 fully saturated rings. The lowest BCUT2D eigenvalue weighted by Gasteiger charge is -2.31. The van der Waals surface area contributed by atoms with Crippen LogP contribution in [0.3, 0.4) is 0 Å². The SMILES string of the molecule is CCC(=O)OC(C)C(c1ccc(C)cc1C)C1CCCC1. The molecule has 0 aromatic heterocycles. The number of carbonyl (C=O) groups is 1. The van der Waals surface area contributed by atoms with Crippen molar-refractivity contribution in [1.82, 2.24) is 0 Å². The molecule has 0 amide bonds. The van der Waals surface area contributed by atoms with Gasteiger partial charge in [-0.3, -0.25) is 4.79 Å². The maximum Gasteiger partial charge on any atom is 0.305 e. The number of ether oxygens (including phenoxy) is 1. The average molecular weight is 288 g/mol. The summed E-state index contributed by atoms with van der Waals surface area (Å²) in [5, 5.41) is 0. The predicted molar refractivity (Wildman–Crippen MR) is 86.5 cm³/mol. The van der Waals surface area contributed by atoms with Gasteiger partial charge in [0.25, 0.3) is 0 Å². The first-order valence-corrected chi connectivity index (χ1v) is 8.29. The molecule has 0 N–H and O–H groups in total. The Morgan fingerprint density at radius 2 is 1.95 bits per heavy atom. The van der Waals surface area contributed by atoms with Gasteiger partial charge in [-0.25, -0.2) is 0 Å². The molecule has 116 valence electrons. The van der Waals surface area contributed by atoms with E-state index in [1.165, 1.54) is 42.4 Å². The van der Waals surface area contributed by atoms with Crippen molar-refractivity contribution >= 4 is 5.97 Å². The monoisotopic (exact) mass is 288 g/mol. The van der Waals surface area contributed by atoms with Crippen molar-refractivity contribution in [3.63, 3.8) is 0 Å². The molecule has 1 aromatic rings. The van der Waals surface area contributed by atoms with Crippen LogP contribution in [-0.4, -0.2) is 12.1 Å². The van der Waals surface area contributed by atoms with Gasteiger partial charge >= 0.3 is 5.97 Å². The Morgan fingerprint density at radius 3 is 2.52 bits per heavy atom. The van der Waals surface area contributed by atoms with Gasteiger partial charge in [0.15, 0.2) is 0 Å². The second-order valence-electron chi connectivity index (χ2n) is 6.48. The summed E-state index contributed by atoms with van der Waals surface area (Å²) in [5.41, 5.74) is 3.98. The summed E-state index contributed by atoms with van der Waals surface area (Å²) >= 11 is 0. The Morgan fingerprint density at radius 1 is 1.29 bits per heavy atom. The zero-order chi connectivity index (χ0) is 15.4. The quantitative estimate of drug-likeness (QED) is 0.719. The number of hydrogen-bond acceptors (Lipinski definition) is 2. The molecule has 0 saturated heterocycles. The molecule has 0 bridgehead atoms. The van der Waals surface area contributed by atoms with Crippen LogP contribution in [0.5, 0.6) is 0 Å². The summed E-state index contributed by atoms with van der Waals surface area (Å²) in [6.07, 6.45) is 5.54. The highest BCUT2D eigenvalue weighted by Crippen LogP contribution is 2.41. The number of esters is 1. The molecule has 2 rings (SSSR count). The molecule has 2 heteroatoms. The van der Waals surface area contributed by atoms with E-state index in [0.717, 1.165) is 0 Å². The Hall–Kier alpha value is -1.31. The van der Waals surface area contributed by atoms with Gasteiger partial charge in [0.2, 0.25) is 0 Å². The number of aryl methyl sites for hydroxylation is 2. The number of rotatable bonds is 5. The van der Waals surface area contributed by atoms with Crippen molar-refractivity contribution < 1.29 is 9.53 Å². The molecule has 2 atom stereocenters. The minimum Gasteiger partial charge on any atom is -0.462 e. The standard InChI is InChI=1S/C19H28O2/c1-5-18(20)21-15(4)19(16-8-6-7-9-16)17-11-10-13(2)12-14(17)3/h10-12,15-16,19H,5-9H2,1-4H3. The smallest absolute Gasteiger partial charge is 0.305 e. The highest BCUT2D eigenvalue weighted by molar-refractivity contribution is 5.69. The second-order valence-corrected chi connectivity index (χ2v) is 6.48. The zero-order valence-electron chi connectivity index (χ0n) is 13.8. The van der Waals surface area contributed by atoms with E-state index in [1.807, 2.05) is 6.92 Å². The van der Waals surface area contributed by atoms with E-state index in [1.54, 1.807) is 0 Å². The van der Waals surface area contributed by atoms with E-state index in [9.17, 15) is 4.79 Å². The molecule has 0 heterocycles. The summed E-state index contributed by atoms with van der Waals surface area (Å²) in [7, 11) is 0. The van der Waals surface area contributed by atoms with Crippen LogP contribution in [0.4, 0.5) is 0 Å². The van der Waals surface area contributed by atoms with E-state index in [-0.39, 0.29) is 12.1 Å². The molecule has 0 radical (unpaired) electrons. The first-order chi connectivity index (χ1) is 10.0. The lowest BCUT2D eigenvalue weighted by atomic mass is 9.79. The zero-order valence-corrected chi connectivity index (χ0v) is 13.8. The predicted octanol–water partition coefficient (Wildman–Crippen LogP) is 4.92. The third-order valence-corrected chi connectivity index (χ3v) is 4.80. The van der Waals surface area contributed by atoms with Gasteiger partial charge in [-0.15, -0.1) is 0 Å². The summed E-state index contributed by atoms with van der Waals surface area (Å²) in [6.45, 7) is 8.23. The van der Waals surface area contributed by atoms with Crippen molar-refractivity contribution in [3.05, 3.63) is 34.9 Å². The van der Waals surface area contributed by atoms with Gasteiger partial charge in [-0.2, -0.15) is 0 Å². The van der Waals surface area contributed by atoms with Crippen molar-refractivity contribution in [2.24, 2.45) is 5.92 Å². The number of carbonyl (C=O) groups excluding carboxylic acids is 1. The fourth-order valence-electron chi connectivity index (χ4n) is 3.77. The first-order valence-electron chi connectivity index (χ1n) is 8.29. The summed E-state index contributed by atoms with van der Waals surface area (Å²) in [5.74, 6) is 0.893. The van der Waals surface area contributed by atoms with Gasteiger partial charge in [-0.1, -0.05) is 43.5 Å². The van der Waals surface area contributed by atoms with E-state index in [2.05, 4.69) is 39.0 Å². The van der Waals surface area contributed by atoms with Crippen LogP contribution < -0.4 is 0 Å². The van der Waals surface area contributed by atoms with Crippen LogP contribution in [0.2, 0.25) is 0 Å². The summed E-state index contributed by atoms with van der Waals surface area (Å²) in [6, 6.07) is 6.66. The Kier molecular flexibility index (Phi) is 5.44. The molecule has 1 saturated carbocycles. The van der Waals surface area contributed by atoms with Gasteiger partial charge in [0.1, 0.15) is 6.10 Å². The molecule has 2 unspecified atom stereocenters. The van der Waals surface area contributed by atoms with Crippen molar-refractivity contribution in [2.45, 2.75) is 71.8 Å². The molecular weight excluding hydrogens is 260 g/mol. The number of benzene rings is 1. The van der Waals surface area contributed by atoms with Crippen LogP contribution >= 0.6 is 0 Å². The maximum absolute atomic E-state index is 11.7. The third-order valence-electron chi connectivity index (χ3n) is 4.80.